The van der Waals surface area contributed by atoms with Gasteiger partial charge in [0.1, 0.15) is 0 Å². The van der Waals surface area contributed by atoms with E-state index in [4.69, 9.17) is 9.97 Å². The first-order valence-electron chi connectivity index (χ1n) is 28.5. The summed E-state index contributed by atoms with van der Waals surface area (Å²) in [6.45, 7) is 0. The van der Waals surface area contributed by atoms with E-state index in [9.17, 15) is 0 Å². The normalized spacial score (nSPS) is 13.6. The zero-order valence-corrected chi connectivity index (χ0v) is 44.6. The van der Waals surface area contributed by atoms with E-state index in [1.165, 1.54) is 130 Å². The highest BCUT2D eigenvalue weighted by Crippen LogP contribution is 2.44. The van der Waals surface area contributed by atoms with E-state index >= 15 is 0 Å². The number of allylic oxidation sites excluding steroid dienone is 1. The number of nitrogens with zero attached hydrogens (tertiary/aromatic N) is 4. The lowest BCUT2D eigenvalue weighted by molar-refractivity contribution is 0.826. The largest absolute Gasteiger partial charge is 0.310 e. The highest BCUT2D eigenvalue weighted by Gasteiger charge is 2.26. The lowest BCUT2D eigenvalue weighted by Crippen LogP contribution is -2.07. The van der Waals surface area contributed by atoms with Crippen molar-refractivity contribution in [3.05, 3.63) is 284 Å². The Balaban J connectivity index is 0.804. The van der Waals surface area contributed by atoms with Crippen molar-refractivity contribution in [1.82, 2.24) is 19.1 Å². The summed E-state index contributed by atoms with van der Waals surface area (Å²) < 4.78 is 4.76. The van der Waals surface area contributed by atoms with Crippen LogP contribution in [0.25, 0.3) is 159 Å². The first-order valence-corrected chi connectivity index (χ1v) is 28.5. The lowest BCUT2D eigenvalue weighted by Gasteiger charge is -2.20. The Morgan fingerprint density at radius 3 is 1.35 bits per heavy atom. The molecule has 0 spiro atoms. The fourth-order valence-corrected chi connectivity index (χ4v) is 14.3. The van der Waals surface area contributed by atoms with Crippen molar-refractivity contribution in [3.8, 4) is 34.2 Å². The van der Waals surface area contributed by atoms with E-state index in [2.05, 4.69) is 282 Å². The summed E-state index contributed by atoms with van der Waals surface area (Å²) in [6, 6.07) is 96.1. The molecule has 1 aliphatic rings. The number of rotatable bonds is 5. The molecular weight excluding hydrogens is 993 g/mol. The first-order chi connectivity index (χ1) is 40.6. The molecule has 0 amide bonds. The van der Waals surface area contributed by atoms with Crippen molar-refractivity contribution >= 4 is 125 Å². The predicted molar refractivity (Wildman–Crippen MR) is 346 cm³/mol. The fourth-order valence-electron chi connectivity index (χ4n) is 14.3. The zero-order valence-electron chi connectivity index (χ0n) is 44.6. The molecule has 0 bridgehead atoms. The summed E-state index contributed by atoms with van der Waals surface area (Å²) >= 11 is 0. The molecule has 0 saturated carbocycles. The van der Waals surface area contributed by atoms with Crippen molar-refractivity contribution in [3.63, 3.8) is 0 Å². The van der Waals surface area contributed by atoms with Gasteiger partial charge in [-0.25, -0.2) is 9.97 Å². The molecule has 3 aromatic heterocycles. The number of para-hydroxylation sites is 2. The van der Waals surface area contributed by atoms with E-state index in [0.29, 0.717) is 5.95 Å². The number of hydrogen-bond donors (Lipinski definition) is 0. The van der Waals surface area contributed by atoms with Crippen LogP contribution >= 0.6 is 0 Å². The van der Waals surface area contributed by atoms with E-state index in [1.807, 2.05) is 0 Å². The molecule has 0 fully saturated rings. The molecule has 1 aliphatic carbocycles. The second kappa shape index (κ2) is 17.4. The molecule has 0 radical (unpaired) electrons. The molecule has 0 aliphatic heterocycles. The first kappa shape index (κ1) is 45.2. The van der Waals surface area contributed by atoms with E-state index in [1.54, 1.807) is 0 Å². The lowest BCUT2D eigenvalue weighted by atomic mass is 9.86. The average molecular weight is 1040 g/mol. The second-order valence-electron chi connectivity index (χ2n) is 22.3. The van der Waals surface area contributed by atoms with Crippen molar-refractivity contribution in [2.45, 2.75) is 12.3 Å². The van der Waals surface area contributed by atoms with Gasteiger partial charge in [-0.2, -0.15) is 0 Å². The molecule has 1 atom stereocenters. The van der Waals surface area contributed by atoms with Crippen LogP contribution in [0.3, 0.4) is 0 Å². The molecule has 17 aromatic rings. The van der Waals surface area contributed by atoms with Crippen molar-refractivity contribution in [2.24, 2.45) is 0 Å². The molecule has 1 unspecified atom stereocenters. The summed E-state index contributed by atoms with van der Waals surface area (Å²) in [5.74, 6) is 0.810. The number of hydrogen-bond acceptors (Lipinski definition) is 2. The molecule has 82 heavy (non-hydrogen) atoms. The standard InChI is InChI=1S/C78H48N4/c1-2-16-54-47(15-1)29-30-50-41-53(35-38-55(50)54)81-74-27-13-11-25-66(74)70-42-48(33-39-76(70)81)49-34-40-77-71(43-49)67-26-12-14-28-75(67)82(77)78-79-72(51-31-36-64-60-21-5-3-17-56(60)58-19-7-9-23-62(58)68(64)44-51)46-73(80-78)52-32-37-65-61-22-6-4-18-57(61)59-20-8-10-24-63(59)69(65)45-52/h1-41,43-46,48H,42H2. The van der Waals surface area contributed by atoms with Gasteiger partial charge in [0.05, 0.1) is 27.9 Å². The third-order valence-electron chi connectivity index (χ3n) is 18.0. The minimum absolute atomic E-state index is 0.176. The summed E-state index contributed by atoms with van der Waals surface area (Å²) in [7, 11) is 0. The van der Waals surface area contributed by atoms with Crippen LogP contribution in [0.5, 0.6) is 0 Å². The Bertz CT molecular complexity index is 5390. The highest BCUT2D eigenvalue weighted by molar-refractivity contribution is 6.27. The van der Waals surface area contributed by atoms with Crippen LogP contribution in [0.2, 0.25) is 0 Å². The van der Waals surface area contributed by atoms with Gasteiger partial charge in [0.25, 0.3) is 0 Å². The van der Waals surface area contributed by atoms with Gasteiger partial charge in [-0.3, -0.25) is 4.57 Å². The summed E-state index contributed by atoms with van der Waals surface area (Å²) in [4.78, 5) is 11.3. The number of aromatic nitrogens is 4. The summed E-state index contributed by atoms with van der Waals surface area (Å²) in [6.07, 6.45) is 5.69. The van der Waals surface area contributed by atoms with Gasteiger partial charge in [0, 0.05) is 44.6 Å². The minimum Gasteiger partial charge on any atom is -0.310 e. The smallest absolute Gasteiger partial charge is 0.235 e. The van der Waals surface area contributed by atoms with Crippen LogP contribution < -0.4 is 0 Å². The average Bonchev–Trinajstić information content (AvgIpc) is 2.93. The number of fused-ring (bicyclic) bond motifs is 21. The third-order valence-corrected chi connectivity index (χ3v) is 18.0. The van der Waals surface area contributed by atoms with Crippen LogP contribution in [0.1, 0.15) is 22.7 Å². The van der Waals surface area contributed by atoms with E-state index in [-0.39, 0.29) is 5.92 Å². The molecule has 4 nitrogen and oxygen atoms in total. The molecule has 0 N–H and O–H groups in total. The minimum atomic E-state index is 0.176. The van der Waals surface area contributed by atoms with Gasteiger partial charge in [-0.1, -0.05) is 212 Å². The molecule has 4 heteroatoms. The van der Waals surface area contributed by atoms with Crippen LogP contribution in [-0.2, 0) is 6.42 Å². The van der Waals surface area contributed by atoms with Crippen molar-refractivity contribution in [1.29, 1.82) is 0 Å². The van der Waals surface area contributed by atoms with Gasteiger partial charge < -0.3 is 4.57 Å². The summed E-state index contributed by atoms with van der Waals surface area (Å²) in [5, 5.41) is 23.6. The summed E-state index contributed by atoms with van der Waals surface area (Å²) in [5.41, 5.74) is 12.3. The van der Waals surface area contributed by atoms with Crippen LogP contribution in [0, 0.1) is 0 Å². The fraction of sp³-hybridized carbons (Fsp3) is 0.0256. The Labute approximate surface area is 471 Å². The van der Waals surface area contributed by atoms with E-state index < -0.39 is 0 Å². The van der Waals surface area contributed by atoms with Crippen LogP contribution in [0.15, 0.2) is 267 Å². The Morgan fingerprint density at radius 1 is 0.305 bits per heavy atom. The Kier molecular flexibility index (Phi) is 9.60. The zero-order chi connectivity index (χ0) is 53.6. The van der Waals surface area contributed by atoms with Crippen molar-refractivity contribution < 1.29 is 0 Å². The van der Waals surface area contributed by atoms with Gasteiger partial charge in [-0.05, 0) is 164 Å². The second-order valence-corrected chi connectivity index (χ2v) is 22.3. The van der Waals surface area contributed by atoms with Crippen LogP contribution in [0.4, 0.5) is 0 Å². The molecular formula is C78H48N4. The van der Waals surface area contributed by atoms with Gasteiger partial charge in [0.2, 0.25) is 5.95 Å². The monoisotopic (exact) mass is 1040 g/mol. The molecule has 14 aromatic carbocycles. The topological polar surface area (TPSA) is 35.6 Å². The maximum absolute atomic E-state index is 5.64. The SMILES string of the molecule is C1=CC(c2ccc3c(c2)c2ccccc2n3-c2nc(-c3ccc4c5ccccc5c5ccccc5c4c3)cc(-c3ccc4c5ccccc5c5ccccc5c4c3)n2)Cc2c1n(-c1ccc3c(ccc4ccccc43)c1)c1ccccc21. The molecule has 0 saturated heterocycles. The quantitative estimate of drug-likeness (QED) is 0.161. The van der Waals surface area contributed by atoms with Gasteiger partial charge in [0.15, 0.2) is 0 Å². The predicted octanol–water partition coefficient (Wildman–Crippen LogP) is 20.4. The molecule has 380 valence electrons. The van der Waals surface area contributed by atoms with Crippen LogP contribution in [-0.4, -0.2) is 19.1 Å². The Morgan fingerprint density at radius 2 is 0.756 bits per heavy atom. The molecule has 18 rings (SSSR count). The van der Waals surface area contributed by atoms with Crippen molar-refractivity contribution in [2.75, 3.05) is 0 Å². The maximum atomic E-state index is 5.64. The third kappa shape index (κ3) is 6.67. The number of benzene rings is 14. The maximum Gasteiger partial charge on any atom is 0.235 e. The molecule has 3 heterocycles. The van der Waals surface area contributed by atoms with Gasteiger partial charge >= 0.3 is 0 Å². The van der Waals surface area contributed by atoms with Gasteiger partial charge in [-0.15, -0.1) is 0 Å². The van der Waals surface area contributed by atoms with E-state index in [0.717, 1.165) is 40.0 Å². The highest BCUT2D eigenvalue weighted by atomic mass is 15.2. The Hall–Kier alpha value is -10.7.